The maximum Gasteiger partial charge on any atom is 0.330 e. The highest BCUT2D eigenvalue weighted by Gasteiger charge is 2.29. The average Bonchev–Trinajstić information content (AvgIpc) is 3.03. The molecule has 0 spiro atoms. The maximum absolute atomic E-state index is 13.9. The minimum absolute atomic E-state index is 0.130. The molecule has 0 N–H and O–H groups in total. The van der Waals surface area contributed by atoms with Crippen LogP contribution in [0, 0.1) is 0 Å². The zero-order valence-corrected chi connectivity index (χ0v) is 26.5. The summed E-state index contributed by atoms with van der Waals surface area (Å²) < 4.78 is 51.4. The Hall–Kier alpha value is -2.82. The van der Waals surface area contributed by atoms with Gasteiger partial charge in [0.05, 0.1) is 38.8 Å². The van der Waals surface area contributed by atoms with Crippen LogP contribution in [0.2, 0.25) is 0 Å². The second kappa shape index (κ2) is 18.1. The van der Waals surface area contributed by atoms with Crippen LogP contribution in [0.3, 0.4) is 0 Å². The molecule has 0 amide bonds. The predicted octanol–water partition coefficient (Wildman–Crippen LogP) is 8.80. The Labute approximate surface area is 256 Å². The van der Waals surface area contributed by atoms with Crippen molar-refractivity contribution in [3.63, 3.8) is 0 Å². The molecule has 0 bridgehead atoms. The highest BCUT2D eigenvalue weighted by Crippen LogP contribution is 2.53. The zero-order valence-electron chi connectivity index (χ0n) is 24.7. The van der Waals surface area contributed by atoms with Crippen molar-refractivity contribution in [2.75, 3.05) is 38.8 Å². The van der Waals surface area contributed by atoms with Crippen molar-refractivity contribution < 1.29 is 27.2 Å². The summed E-state index contributed by atoms with van der Waals surface area (Å²) in [5, 5.41) is 0. The average molecular weight is 621 g/mol. The number of benzene rings is 4. The molecule has 0 saturated heterocycles. The monoisotopic (exact) mass is 620 g/mol. The minimum atomic E-state index is -3.46. The van der Waals surface area contributed by atoms with Crippen molar-refractivity contribution in [2.45, 2.75) is 32.1 Å². The molecule has 0 aliphatic carbocycles. The fourth-order valence-electron chi connectivity index (χ4n) is 4.58. The highest BCUT2D eigenvalue weighted by molar-refractivity contribution is 7.54. The fraction of sp³-hybridized carbons (Fsp3) is 0.314. The molecule has 0 saturated carbocycles. The standard InChI is InChI=1S/C35H42O6P2/c36-42(38-26-22-32-14-5-1-6-15-32,39-27-23-33-16-7-2-8-17-33)30-13-31-43(37,40-28-24-34-18-9-3-10-19-34)41-29-25-35-20-11-4-12-21-35/h1-12,14-21H,13,22-31H2. The van der Waals surface area contributed by atoms with Crippen LogP contribution >= 0.6 is 15.2 Å². The van der Waals surface area contributed by atoms with Gasteiger partial charge < -0.3 is 18.1 Å². The van der Waals surface area contributed by atoms with E-state index in [1.54, 1.807) is 0 Å². The van der Waals surface area contributed by atoms with E-state index in [-0.39, 0.29) is 38.8 Å². The van der Waals surface area contributed by atoms with Gasteiger partial charge in [-0.15, -0.1) is 0 Å². The Bertz CT molecular complexity index is 1190. The molecular formula is C35H42O6P2. The molecule has 4 aromatic rings. The van der Waals surface area contributed by atoms with E-state index in [9.17, 15) is 9.13 Å². The lowest BCUT2D eigenvalue weighted by Gasteiger charge is -2.22. The van der Waals surface area contributed by atoms with Crippen molar-refractivity contribution in [1.82, 2.24) is 0 Å². The van der Waals surface area contributed by atoms with Gasteiger partial charge in [-0.2, -0.15) is 0 Å². The first-order valence-corrected chi connectivity index (χ1v) is 18.4. The molecule has 0 atom stereocenters. The van der Waals surface area contributed by atoms with Crippen molar-refractivity contribution >= 4 is 15.2 Å². The summed E-state index contributed by atoms with van der Waals surface area (Å²) in [6.07, 6.45) is 3.07. The van der Waals surface area contributed by atoms with Gasteiger partial charge in [-0.25, -0.2) is 0 Å². The Morgan fingerprint density at radius 2 is 0.605 bits per heavy atom. The number of hydrogen-bond donors (Lipinski definition) is 0. The van der Waals surface area contributed by atoms with Gasteiger partial charge >= 0.3 is 15.2 Å². The van der Waals surface area contributed by atoms with Gasteiger partial charge in [0.2, 0.25) is 0 Å². The first-order valence-electron chi connectivity index (χ1n) is 14.9. The summed E-state index contributed by atoms with van der Waals surface area (Å²) in [5.41, 5.74) is 4.39. The van der Waals surface area contributed by atoms with Gasteiger partial charge in [-0.3, -0.25) is 9.13 Å². The van der Waals surface area contributed by atoms with E-state index in [0.717, 1.165) is 22.3 Å². The van der Waals surface area contributed by atoms with E-state index in [1.165, 1.54) is 0 Å². The first kappa shape index (κ1) is 33.1. The smallest absolute Gasteiger partial charge is 0.308 e. The number of rotatable bonds is 20. The van der Waals surface area contributed by atoms with Crippen LogP contribution in [-0.4, -0.2) is 38.8 Å². The second-order valence-corrected chi connectivity index (χ2v) is 14.7. The Morgan fingerprint density at radius 1 is 0.372 bits per heavy atom. The fourth-order valence-corrected chi connectivity index (χ4v) is 8.06. The van der Waals surface area contributed by atoms with Crippen LogP contribution in [0.1, 0.15) is 28.7 Å². The Kier molecular flexibility index (Phi) is 13.9. The van der Waals surface area contributed by atoms with Crippen LogP contribution in [0.25, 0.3) is 0 Å². The van der Waals surface area contributed by atoms with Crippen molar-refractivity contribution in [3.8, 4) is 0 Å². The van der Waals surface area contributed by atoms with Gasteiger partial charge in [0.15, 0.2) is 0 Å². The molecule has 0 radical (unpaired) electrons. The first-order chi connectivity index (χ1) is 21.0. The Morgan fingerprint density at radius 3 is 0.837 bits per heavy atom. The summed E-state index contributed by atoms with van der Waals surface area (Å²) in [5.74, 6) is 0. The van der Waals surface area contributed by atoms with Crippen LogP contribution in [-0.2, 0) is 52.9 Å². The highest BCUT2D eigenvalue weighted by atomic mass is 31.2. The minimum Gasteiger partial charge on any atom is -0.308 e. The third kappa shape index (κ3) is 12.7. The van der Waals surface area contributed by atoms with Gasteiger partial charge in [-0.05, 0) is 54.4 Å². The van der Waals surface area contributed by atoms with E-state index in [2.05, 4.69) is 0 Å². The van der Waals surface area contributed by atoms with E-state index < -0.39 is 15.2 Å². The summed E-state index contributed by atoms with van der Waals surface area (Å²) in [7, 11) is -6.92. The molecule has 0 aliphatic heterocycles. The molecule has 43 heavy (non-hydrogen) atoms. The quantitative estimate of drug-likeness (QED) is 0.0920. The van der Waals surface area contributed by atoms with Gasteiger partial charge in [0.25, 0.3) is 0 Å². The van der Waals surface area contributed by atoms with E-state index in [1.807, 2.05) is 121 Å². The largest absolute Gasteiger partial charge is 0.330 e. The molecule has 4 aromatic carbocycles. The molecule has 0 heterocycles. The third-order valence-corrected chi connectivity index (χ3v) is 11.0. The summed E-state index contributed by atoms with van der Waals surface area (Å²) in [6.45, 7) is 1.08. The molecule has 228 valence electrons. The SMILES string of the molecule is O=P(CCCP(=O)(OCCc1ccccc1)OCCc1ccccc1)(OCCc1ccccc1)OCCc1ccccc1. The van der Waals surface area contributed by atoms with Crippen molar-refractivity contribution in [2.24, 2.45) is 0 Å². The van der Waals surface area contributed by atoms with Gasteiger partial charge in [0.1, 0.15) is 0 Å². The Balaban J connectivity index is 1.34. The molecule has 0 unspecified atom stereocenters. The van der Waals surface area contributed by atoms with Crippen LogP contribution in [0.4, 0.5) is 0 Å². The van der Waals surface area contributed by atoms with Crippen LogP contribution in [0.5, 0.6) is 0 Å². The third-order valence-electron chi connectivity index (χ3n) is 6.95. The molecular weight excluding hydrogens is 578 g/mol. The van der Waals surface area contributed by atoms with Crippen LogP contribution < -0.4 is 0 Å². The molecule has 4 rings (SSSR count). The van der Waals surface area contributed by atoms with Crippen molar-refractivity contribution in [1.29, 1.82) is 0 Å². The zero-order chi connectivity index (χ0) is 30.1. The van der Waals surface area contributed by atoms with E-state index >= 15 is 0 Å². The molecule has 0 fully saturated rings. The predicted molar refractivity (Wildman–Crippen MR) is 174 cm³/mol. The molecule has 6 nitrogen and oxygen atoms in total. The topological polar surface area (TPSA) is 71.1 Å². The molecule has 0 aromatic heterocycles. The summed E-state index contributed by atoms with van der Waals surface area (Å²) >= 11 is 0. The van der Waals surface area contributed by atoms with Crippen molar-refractivity contribution in [3.05, 3.63) is 144 Å². The summed E-state index contributed by atoms with van der Waals surface area (Å²) in [6, 6.07) is 39.7. The lowest BCUT2D eigenvalue weighted by atomic mass is 10.2. The maximum atomic E-state index is 13.9. The summed E-state index contributed by atoms with van der Waals surface area (Å²) in [4.78, 5) is 0. The lowest BCUT2D eigenvalue weighted by Crippen LogP contribution is -2.09. The van der Waals surface area contributed by atoms with Gasteiger partial charge in [-0.1, -0.05) is 121 Å². The molecule has 8 heteroatoms. The van der Waals surface area contributed by atoms with Gasteiger partial charge in [0, 0.05) is 0 Å². The number of hydrogen-bond acceptors (Lipinski definition) is 6. The van der Waals surface area contributed by atoms with Crippen LogP contribution in [0.15, 0.2) is 121 Å². The molecule has 0 aliphatic rings. The van der Waals surface area contributed by atoms with E-state index in [4.69, 9.17) is 18.1 Å². The lowest BCUT2D eigenvalue weighted by molar-refractivity contribution is 0.204. The normalized spacial score (nSPS) is 11.9. The van der Waals surface area contributed by atoms with E-state index in [0.29, 0.717) is 32.1 Å². The second-order valence-electron chi connectivity index (χ2n) is 10.3.